The van der Waals surface area contributed by atoms with E-state index in [1.807, 2.05) is 6.92 Å². The first kappa shape index (κ1) is 14.9. The number of nitriles is 1. The Bertz CT molecular complexity index is 255. The first-order chi connectivity index (χ1) is 7.43. The summed E-state index contributed by atoms with van der Waals surface area (Å²) in [5.41, 5.74) is 0.0702. The van der Waals surface area contributed by atoms with Crippen molar-refractivity contribution in [1.29, 1.82) is 5.26 Å². The summed E-state index contributed by atoms with van der Waals surface area (Å²) in [5, 5.41) is 11.7. The number of nitrogens with zero attached hydrogens (tertiary/aromatic N) is 2. The number of carbonyl (C=O) groups excluding carboxylic acids is 1. The Morgan fingerprint density at radius 3 is 2.62 bits per heavy atom. The van der Waals surface area contributed by atoms with E-state index >= 15 is 0 Å². The highest BCUT2D eigenvalue weighted by Crippen LogP contribution is 2.20. The van der Waals surface area contributed by atoms with Gasteiger partial charge in [-0.05, 0) is 18.8 Å². The van der Waals surface area contributed by atoms with Crippen molar-refractivity contribution in [2.24, 2.45) is 5.41 Å². The van der Waals surface area contributed by atoms with Crippen molar-refractivity contribution in [1.82, 2.24) is 10.2 Å². The molecule has 1 N–H and O–H groups in total. The van der Waals surface area contributed by atoms with Gasteiger partial charge < -0.3 is 10.2 Å². The molecule has 0 saturated carbocycles. The Morgan fingerprint density at radius 2 is 2.12 bits per heavy atom. The normalized spacial score (nSPS) is 10.9. The minimum absolute atomic E-state index is 0.0702. The fourth-order valence-electron chi connectivity index (χ4n) is 1.30. The van der Waals surface area contributed by atoms with Crippen molar-refractivity contribution in [3.05, 3.63) is 0 Å². The molecule has 0 fully saturated rings. The molecule has 4 nitrogen and oxygen atoms in total. The Morgan fingerprint density at radius 1 is 1.50 bits per heavy atom. The van der Waals surface area contributed by atoms with Crippen LogP contribution in [0.5, 0.6) is 0 Å². The quantitative estimate of drug-likeness (QED) is 0.712. The van der Waals surface area contributed by atoms with Gasteiger partial charge in [-0.25, -0.2) is 0 Å². The monoisotopic (exact) mass is 225 g/mol. The zero-order valence-electron chi connectivity index (χ0n) is 10.8. The molecule has 0 aliphatic heterocycles. The highest BCUT2D eigenvalue weighted by atomic mass is 16.2. The zero-order valence-corrected chi connectivity index (χ0v) is 10.8. The van der Waals surface area contributed by atoms with Crippen LogP contribution >= 0.6 is 0 Å². The van der Waals surface area contributed by atoms with E-state index in [1.165, 1.54) is 0 Å². The molecule has 0 saturated heterocycles. The number of hydrogen-bond acceptors (Lipinski definition) is 3. The van der Waals surface area contributed by atoms with Crippen LogP contribution in [-0.4, -0.2) is 37.5 Å². The minimum atomic E-state index is 0.0702. The molecular formula is C12H23N3O. The molecule has 0 rings (SSSR count). The van der Waals surface area contributed by atoms with E-state index in [0.29, 0.717) is 13.0 Å². The van der Waals surface area contributed by atoms with Crippen LogP contribution < -0.4 is 5.32 Å². The zero-order chi connectivity index (χ0) is 12.6. The minimum Gasteiger partial charge on any atom is -0.345 e. The SMILES string of the molecule is CCN(C)C(=O)CNCC(C)(C)CCC#N. The molecule has 4 heteroatoms. The Balaban J connectivity index is 3.80. The second kappa shape index (κ2) is 7.24. The molecule has 0 heterocycles. The molecule has 0 radical (unpaired) electrons. The van der Waals surface area contributed by atoms with Gasteiger partial charge in [0.25, 0.3) is 0 Å². The van der Waals surface area contributed by atoms with Gasteiger partial charge in [0, 0.05) is 26.6 Å². The maximum absolute atomic E-state index is 11.5. The summed E-state index contributed by atoms with van der Waals surface area (Å²) in [7, 11) is 1.80. The summed E-state index contributed by atoms with van der Waals surface area (Å²) in [6.45, 7) is 8.03. The second-order valence-corrected chi connectivity index (χ2v) is 4.83. The summed E-state index contributed by atoms with van der Waals surface area (Å²) < 4.78 is 0. The maximum Gasteiger partial charge on any atom is 0.236 e. The van der Waals surface area contributed by atoms with Crippen molar-refractivity contribution in [2.75, 3.05) is 26.7 Å². The summed E-state index contributed by atoms with van der Waals surface area (Å²) in [6.07, 6.45) is 1.42. The van der Waals surface area contributed by atoms with Crippen LogP contribution in [0.2, 0.25) is 0 Å². The summed E-state index contributed by atoms with van der Waals surface area (Å²) in [5.74, 6) is 0.110. The van der Waals surface area contributed by atoms with Gasteiger partial charge >= 0.3 is 0 Å². The molecule has 92 valence electrons. The molecule has 0 spiro atoms. The molecule has 0 bridgehead atoms. The lowest BCUT2D eigenvalue weighted by Gasteiger charge is -2.24. The van der Waals surface area contributed by atoms with Crippen LogP contribution in [0.25, 0.3) is 0 Å². The van der Waals surface area contributed by atoms with Crippen LogP contribution in [0.4, 0.5) is 0 Å². The van der Waals surface area contributed by atoms with Crippen molar-refractivity contribution < 1.29 is 4.79 Å². The van der Waals surface area contributed by atoms with Crippen molar-refractivity contribution >= 4 is 5.91 Å². The highest BCUT2D eigenvalue weighted by Gasteiger charge is 2.17. The number of rotatable bonds is 7. The predicted molar refractivity (Wildman–Crippen MR) is 64.8 cm³/mol. The van der Waals surface area contributed by atoms with Gasteiger partial charge in [-0.2, -0.15) is 5.26 Å². The lowest BCUT2D eigenvalue weighted by atomic mass is 9.88. The van der Waals surface area contributed by atoms with Gasteiger partial charge in [0.1, 0.15) is 0 Å². The average molecular weight is 225 g/mol. The van der Waals surface area contributed by atoms with E-state index in [2.05, 4.69) is 25.2 Å². The number of carbonyl (C=O) groups is 1. The van der Waals surface area contributed by atoms with Crippen molar-refractivity contribution in [3.8, 4) is 6.07 Å². The molecule has 16 heavy (non-hydrogen) atoms. The lowest BCUT2D eigenvalue weighted by Crippen LogP contribution is -2.39. The summed E-state index contributed by atoms with van der Waals surface area (Å²) in [4.78, 5) is 13.2. The largest absolute Gasteiger partial charge is 0.345 e. The smallest absolute Gasteiger partial charge is 0.236 e. The second-order valence-electron chi connectivity index (χ2n) is 4.83. The van der Waals surface area contributed by atoms with E-state index in [0.717, 1.165) is 19.5 Å². The predicted octanol–water partition coefficient (Wildman–Crippen LogP) is 1.38. The van der Waals surface area contributed by atoms with Gasteiger partial charge in [-0.1, -0.05) is 13.8 Å². The fourth-order valence-corrected chi connectivity index (χ4v) is 1.30. The van der Waals surface area contributed by atoms with Gasteiger partial charge in [-0.15, -0.1) is 0 Å². The summed E-state index contributed by atoms with van der Waals surface area (Å²) >= 11 is 0. The molecule has 0 unspecified atom stereocenters. The van der Waals surface area contributed by atoms with Gasteiger partial charge in [0.05, 0.1) is 12.6 Å². The molecule has 0 aromatic heterocycles. The molecule has 0 aliphatic rings. The molecule has 0 aromatic rings. The first-order valence-corrected chi connectivity index (χ1v) is 5.74. The average Bonchev–Trinajstić information content (AvgIpc) is 2.24. The van der Waals surface area contributed by atoms with Crippen LogP contribution in [0.3, 0.4) is 0 Å². The topological polar surface area (TPSA) is 56.1 Å². The van der Waals surface area contributed by atoms with E-state index in [9.17, 15) is 4.79 Å². The third-order valence-corrected chi connectivity index (χ3v) is 2.69. The van der Waals surface area contributed by atoms with E-state index in [1.54, 1.807) is 11.9 Å². The van der Waals surface area contributed by atoms with Crippen LogP contribution in [0.15, 0.2) is 0 Å². The fraction of sp³-hybridized carbons (Fsp3) is 0.833. The highest BCUT2D eigenvalue weighted by molar-refractivity contribution is 5.77. The molecule has 1 amide bonds. The third-order valence-electron chi connectivity index (χ3n) is 2.69. The molecule has 0 aliphatic carbocycles. The lowest BCUT2D eigenvalue weighted by molar-refractivity contribution is -0.128. The standard InChI is InChI=1S/C12H23N3O/c1-5-15(4)11(16)9-14-10-12(2,3)7-6-8-13/h14H,5-7,9-10H2,1-4H3. The Labute approximate surface area is 98.6 Å². The molecule has 0 aromatic carbocycles. The maximum atomic E-state index is 11.5. The first-order valence-electron chi connectivity index (χ1n) is 5.74. The number of nitrogens with one attached hydrogen (secondary N) is 1. The molecular weight excluding hydrogens is 202 g/mol. The Kier molecular flexibility index (Phi) is 6.75. The van der Waals surface area contributed by atoms with Gasteiger partial charge in [-0.3, -0.25) is 4.79 Å². The number of amides is 1. The summed E-state index contributed by atoms with van der Waals surface area (Å²) in [6, 6.07) is 2.15. The van der Waals surface area contributed by atoms with E-state index < -0.39 is 0 Å². The van der Waals surface area contributed by atoms with Crippen LogP contribution in [0, 0.1) is 16.7 Å². The van der Waals surface area contributed by atoms with E-state index in [4.69, 9.17) is 5.26 Å². The van der Waals surface area contributed by atoms with E-state index in [-0.39, 0.29) is 11.3 Å². The van der Waals surface area contributed by atoms with Crippen LogP contribution in [-0.2, 0) is 4.79 Å². The molecule has 0 atom stereocenters. The van der Waals surface area contributed by atoms with Crippen LogP contribution in [0.1, 0.15) is 33.6 Å². The van der Waals surface area contributed by atoms with Gasteiger partial charge in [0.15, 0.2) is 0 Å². The van der Waals surface area contributed by atoms with Crippen molar-refractivity contribution in [3.63, 3.8) is 0 Å². The Hall–Kier alpha value is -1.08. The number of likely N-dealkylation sites (N-methyl/N-ethyl adjacent to an activating group) is 1. The van der Waals surface area contributed by atoms with Crippen molar-refractivity contribution in [2.45, 2.75) is 33.6 Å². The number of hydrogen-bond donors (Lipinski definition) is 1. The van der Waals surface area contributed by atoms with Gasteiger partial charge in [0.2, 0.25) is 5.91 Å². The third kappa shape index (κ3) is 6.41.